The Bertz CT molecular complexity index is 507. The molecule has 0 aromatic heterocycles. The van der Waals surface area contributed by atoms with Gasteiger partial charge in [0.05, 0.1) is 18.8 Å². The number of rotatable bonds is 4. The van der Waals surface area contributed by atoms with Crippen LogP contribution in [0.1, 0.15) is 21.5 Å². The molecule has 5 heteroatoms. The van der Waals surface area contributed by atoms with E-state index >= 15 is 0 Å². The average Bonchev–Trinajstić information content (AvgIpc) is 2.49. The molecule has 1 fully saturated rings. The molecule has 108 valence electrons. The molecule has 1 amide bonds. The van der Waals surface area contributed by atoms with E-state index in [2.05, 4.69) is 0 Å². The minimum absolute atomic E-state index is 0.0505. The molecule has 1 saturated heterocycles. The standard InChI is InChI=1S/C15H19NO4/c1-11-3-4-13(9-17)15(12(11)2)20-10-14(18)16-5-7-19-8-6-16/h3-4,9H,5-8,10H2,1-2H3. The summed E-state index contributed by atoms with van der Waals surface area (Å²) in [6.07, 6.45) is 0.751. The summed E-state index contributed by atoms with van der Waals surface area (Å²) >= 11 is 0. The first-order valence-corrected chi connectivity index (χ1v) is 6.67. The lowest BCUT2D eigenvalue weighted by Crippen LogP contribution is -2.43. The Morgan fingerprint density at radius 2 is 2.05 bits per heavy atom. The van der Waals surface area contributed by atoms with Gasteiger partial charge in [-0.25, -0.2) is 0 Å². The number of morpholine rings is 1. The normalized spacial score (nSPS) is 15.0. The molecule has 0 radical (unpaired) electrons. The first-order chi connectivity index (χ1) is 9.63. The number of nitrogens with zero attached hydrogens (tertiary/aromatic N) is 1. The topological polar surface area (TPSA) is 55.8 Å². The number of ether oxygens (including phenoxy) is 2. The third-order valence-corrected chi connectivity index (χ3v) is 3.54. The molecule has 0 N–H and O–H groups in total. The largest absolute Gasteiger partial charge is 0.483 e. The van der Waals surface area contributed by atoms with E-state index in [1.807, 2.05) is 19.9 Å². The summed E-state index contributed by atoms with van der Waals surface area (Å²) in [5, 5.41) is 0. The molecular weight excluding hydrogens is 258 g/mol. The molecule has 20 heavy (non-hydrogen) atoms. The Balaban J connectivity index is 2.04. The van der Waals surface area contributed by atoms with Crippen LogP contribution in [-0.2, 0) is 9.53 Å². The maximum absolute atomic E-state index is 12.0. The predicted octanol–water partition coefficient (Wildman–Crippen LogP) is 1.35. The van der Waals surface area contributed by atoms with Crippen LogP contribution in [0.4, 0.5) is 0 Å². The number of carbonyl (C=O) groups excluding carboxylic acids is 2. The van der Waals surface area contributed by atoms with Crippen LogP contribution in [0, 0.1) is 13.8 Å². The molecule has 1 aromatic carbocycles. The van der Waals surface area contributed by atoms with E-state index in [0.29, 0.717) is 37.6 Å². The van der Waals surface area contributed by atoms with Crippen LogP contribution in [0.25, 0.3) is 0 Å². The lowest BCUT2D eigenvalue weighted by atomic mass is 10.1. The highest BCUT2D eigenvalue weighted by molar-refractivity contribution is 5.82. The van der Waals surface area contributed by atoms with Gasteiger partial charge in [0.2, 0.25) is 0 Å². The number of hydrogen-bond acceptors (Lipinski definition) is 4. The van der Waals surface area contributed by atoms with E-state index in [-0.39, 0.29) is 12.5 Å². The average molecular weight is 277 g/mol. The summed E-state index contributed by atoms with van der Waals surface area (Å²) in [7, 11) is 0. The van der Waals surface area contributed by atoms with Gasteiger partial charge in [0.25, 0.3) is 5.91 Å². The zero-order valence-corrected chi connectivity index (χ0v) is 11.8. The minimum Gasteiger partial charge on any atom is -0.483 e. The van der Waals surface area contributed by atoms with Crippen molar-refractivity contribution in [2.75, 3.05) is 32.9 Å². The Morgan fingerprint density at radius 1 is 1.35 bits per heavy atom. The van der Waals surface area contributed by atoms with E-state index < -0.39 is 0 Å². The lowest BCUT2D eigenvalue weighted by Gasteiger charge is -2.27. The summed E-state index contributed by atoms with van der Waals surface area (Å²) in [5.74, 6) is 0.424. The highest BCUT2D eigenvalue weighted by Gasteiger charge is 2.18. The first-order valence-electron chi connectivity index (χ1n) is 6.67. The second kappa shape index (κ2) is 6.52. The van der Waals surface area contributed by atoms with Crippen LogP contribution in [-0.4, -0.2) is 50.0 Å². The third kappa shape index (κ3) is 3.17. The van der Waals surface area contributed by atoms with Gasteiger partial charge in [0.15, 0.2) is 12.9 Å². The molecule has 1 heterocycles. The summed E-state index contributed by atoms with van der Waals surface area (Å²) in [6, 6.07) is 3.58. The van der Waals surface area contributed by atoms with Crippen molar-refractivity contribution >= 4 is 12.2 Å². The molecule has 1 aliphatic rings. The van der Waals surface area contributed by atoms with Crippen molar-refractivity contribution in [3.8, 4) is 5.75 Å². The summed E-state index contributed by atoms with van der Waals surface area (Å²) in [4.78, 5) is 24.8. The van der Waals surface area contributed by atoms with Gasteiger partial charge < -0.3 is 14.4 Å². The van der Waals surface area contributed by atoms with Gasteiger partial charge >= 0.3 is 0 Å². The van der Waals surface area contributed by atoms with E-state index in [1.165, 1.54) is 0 Å². The van der Waals surface area contributed by atoms with E-state index in [1.54, 1.807) is 11.0 Å². The molecular formula is C15H19NO4. The Kier molecular flexibility index (Phi) is 4.74. The highest BCUT2D eigenvalue weighted by atomic mass is 16.5. The molecule has 2 rings (SSSR count). The van der Waals surface area contributed by atoms with Crippen LogP contribution in [0.3, 0.4) is 0 Å². The van der Waals surface area contributed by atoms with Crippen LogP contribution >= 0.6 is 0 Å². The second-order valence-electron chi connectivity index (χ2n) is 4.83. The molecule has 0 aliphatic carbocycles. The maximum atomic E-state index is 12.0. The van der Waals surface area contributed by atoms with Gasteiger partial charge in [-0.3, -0.25) is 9.59 Å². The minimum atomic E-state index is -0.0777. The number of benzene rings is 1. The Labute approximate surface area is 118 Å². The molecule has 0 saturated carbocycles. The number of amides is 1. The van der Waals surface area contributed by atoms with Crippen molar-refractivity contribution in [2.45, 2.75) is 13.8 Å². The van der Waals surface area contributed by atoms with Gasteiger partial charge in [-0.15, -0.1) is 0 Å². The van der Waals surface area contributed by atoms with Crippen molar-refractivity contribution in [1.82, 2.24) is 4.90 Å². The maximum Gasteiger partial charge on any atom is 0.260 e. The summed E-state index contributed by atoms with van der Waals surface area (Å²) in [6.45, 7) is 6.09. The van der Waals surface area contributed by atoms with Crippen LogP contribution in [0.2, 0.25) is 0 Å². The zero-order valence-electron chi connectivity index (χ0n) is 11.8. The van der Waals surface area contributed by atoms with Crippen molar-refractivity contribution in [1.29, 1.82) is 0 Å². The molecule has 0 spiro atoms. The monoisotopic (exact) mass is 277 g/mol. The summed E-state index contributed by atoms with van der Waals surface area (Å²) < 4.78 is 10.8. The van der Waals surface area contributed by atoms with E-state index in [0.717, 1.165) is 17.4 Å². The fourth-order valence-corrected chi connectivity index (χ4v) is 2.13. The highest BCUT2D eigenvalue weighted by Crippen LogP contribution is 2.25. The van der Waals surface area contributed by atoms with Gasteiger partial charge in [0, 0.05) is 13.1 Å². The molecule has 0 unspecified atom stereocenters. The SMILES string of the molecule is Cc1ccc(C=O)c(OCC(=O)N2CCOCC2)c1C. The quantitative estimate of drug-likeness (QED) is 0.780. The Morgan fingerprint density at radius 3 is 2.70 bits per heavy atom. The van der Waals surface area contributed by atoms with Crippen molar-refractivity contribution < 1.29 is 19.1 Å². The van der Waals surface area contributed by atoms with E-state index in [9.17, 15) is 9.59 Å². The molecule has 0 atom stereocenters. The number of hydrogen-bond donors (Lipinski definition) is 0. The fraction of sp³-hybridized carbons (Fsp3) is 0.467. The van der Waals surface area contributed by atoms with Crippen molar-refractivity contribution in [2.24, 2.45) is 0 Å². The molecule has 0 bridgehead atoms. The number of aldehydes is 1. The predicted molar refractivity (Wildman–Crippen MR) is 74.2 cm³/mol. The van der Waals surface area contributed by atoms with Gasteiger partial charge in [-0.1, -0.05) is 6.07 Å². The zero-order chi connectivity index (χ0) is 14.5. The van der Waals surface area contributed by atoms with Crippen LogP contribution in [0.5, 0.6) is 5.75 Å². The lowest BCUT2D eigenvalue weighted by molar-refractivity contribution is -0.137. The molecule has 1 aromatic rings. The summed E-state index contributed by atoms with van der Waals surface area (Å²) in [5.41, 5.74) is 2.40. The third-order valence-electron chi connectivity index (χ3n) is 3.54. The fourth-order valence-electron chi connectivity index (χ4n) is 2.13. The smallest absolute Gasteiger partial charge is 0.260 e. The second-order valence-corrected chi connectivity index (χ2v) is 4.83. The van der Waals surface area contributed by atoms with Gasteiger partial charge in [0.1, 0.15) is 5.75 Å². The van der Waals surface area contributed by atoms with Crippen LogP contribution in [0.15, 0.2) is 12.1 Å². The van der Waals surface area contributed by atoms with E-state index in [4.69, 9.17) is 9.47 Å². The first kappa shape index (κ1) is 14.5. The molecule has 5 nitrogen and oxygen atoms in total. The number of aryl methyl sites for hydroxylation is 1. The van der Waals surface area contributed by atoms with Gasteiger partial charge in [-0.05, 0) is 31.0 Å². The van der Waals surface area contributed by atoms with Gasteiger partial charge in [-0.2, -0.15) is 0 Å². The van der Waals surface area contributed by atoms with Crippen molar-refractivity contribution in [3.63, 3.8) is 0 Å². The molecule has 1 aliphatic heterocycles. The van der Waals surface area contributed by atoms with Crippen molar-refractivity contribution in [3.05, 3.63) is 28.8 Å². The Hall–Kier alpha value is -1.88. The van der Waals surface area contributed by atoms with Crippen LogP contribution < -0.4 is 4.74 Å². The number of carbonyl (C=O) groups is 2.